The standard InChI is InChI=1S/2C38H23N3.C34H21N3/c1-3-11-29-25(8-1)10-7-12-30(29)26-18-16-24(17-19-26)27-20-21-35-31(22-27)37-32(23-28-9-2-4-13-33(28)39-37)38-40-34-14-5-6-15-36(34)41(35)38;1-2-8-27-21-28(18-17-24(27)7-1)25-13-15-26(16-14-25)29-19-20-35-31(22-29)37-32(23-30-9-3-4-10-33(30)39-37)38-40-34-11-5-6-12-36(34)41(35)38;1-2-8-22(9-3-1)23-14-16-24(17-15-23)25-18-19-31-27(20-25)33-28(21-26-10-4-5-11-29(26)35-33)34-36-30-12-6-7-13-32(30)37(31)34/h2*1-23H;1-21H. The summed E-state index contributed by atoms with van der Waals surface area (Å²) in [5, 5.41) is 15.0. The predicted octanol–water partition coefficient (Wildman–Crippen LogP) is 28.3. The Kier molecular flexibility index (Phi) is 15.5. The fraction of sp³-hybridized carbons (Fsp3) is 0. The van der Waals surface area contributed by atoms with Crippen LogP contribution in [-0.4, -0.2) is 43.1 Å². The lowest BCUT2D eigenvalue weighted by Gasteiger charge is -2.12. The third-order valence-electron chi connectivity index (χ3n) is 24.0. The van der Waals surface area contributed by atoms with Crippen LogP contribution in [0.25, 0.3) is 236 Å². The van der Waals surface area contributed by atoms with Gasteiger partial charge in [0.05, 0.1) is 82.8 Å². The van der Waals surface area contributed by atoms with E-state index in [1.807, 2.05) is 30.3 Å². The molecule has 9 nitrogen and oxygen atoms in total. The molecule has 0 aliphatic rings. The minimum absolute atomic E-state index is 0.944. The number of hydrogen-bond acceptors (Lipinski definition) is 6. The van der Waals surface area contributed by atoms with Crippen LogP contribution in [0.15, 0.2) is 406 Å². The van der Waals surface area contributed by atoms with Crippen LogP contribution >= 0.6 is 0 Å². The van der Waals surface area contributed by atoms with Crippen molar-refractivity contribution in [2.45, 2.75) is 0 Å². The zero-order chi connectivity index (χ0) is 78.2. The first-order chi connectivity index (χ1) is 58.9. The van der Waals surface area contributed by atoms with Crippen LogP contribution in [0, 0.1) is 0 Å². The Morgan fingerprint density at radius 2 is 0.437 bits per heavy atom. The lowest BCUT2D eigenvalue weighted by Crippen LogP contribution is -1.94. The quantitative estimate of drug-likeness (QED) is 0.122. The molecular formula is C110H67N9. The number of nitrogens with zero attached hydrogens (tertiary/aromatic N) is 9. The molecule has 9 heterocycles. The van der Waals surface area contributed by atoms with Crippen molar-refractivity contribution in [3.63, 3.8) is 0 Å². The van der Waals surface area contributed by atoms with E-state index in [-0.39, 0.29) is 0 Å². The number of aromatic nitrogens is 9. The van der Waals surface area contributed by atoms with Gasteiger partial charge in [0.1, 0.15) is 16.9 Å². The Labute approximate surface area is 681 Å². The first-order valence-electron chi connectivity index (χ1n) is 40.4. The molecule has 9 aromatic heterocycles. The van der Waals surface area contributed by atoms with Crippen LogP contribution in [-0.2, 0) is 0 Å². The van der Waals surface area contributed by atoms with Crippen molar-refractivity contribution < 1.29 is 0 Å². The Bertz CT molecular complexity index is 8650. The van der Waals surface area contributed by atoms with Gasteiger partial charge in [-0.2, -0.15) is 0 Å². The SMILES string of the molecule is c1ccc(-c2ccc(-c3ccc4c(c3)c3nc5ccccc5cc3c3nc5ccccc5n43)cc2)cc1.c1ccc2cc(-c3ccc(-c4ccc5c(c4)c4nc6ccccc6cc4c4nc6ccccc6n54)cc3)ccc2c1.c1ccc2nc3c4cc(-c5ccc(-c6cccc7ccccc67)cc5)ccc4n4c5ccccc5nc4c3cc2c1. The van der Waals surface area contributed by atoms with Crippen LogP contribution in [0.1, 0.15) is 0 Å². The van der Waals surface area contributed by atoms with Crippen molar-refractivity contribution in [2.24, 2.45) is 0 Å². The average Bonchev–Trinajstić information content (AvgIpc) is 1.68. The molecule has 0 unspecified atom stereocenters. The van der Waals surface area contributed by atoms with Gasteiger partial charge in [-0.1, -0.05) is 291 Å². The molecule has 0 atom stereocenters. The average molecular weight is 1510 g/mol. The third kappa shape index (κ3) is 11.3. The molecule has 26 aromatic rings. The molecule has 9 heteroatoms. The zero-order valence-corrected chi connectivity index (χ0v) is 64.2. The Hall–Kier alpha value is -16.1. The molecule has 0 fully saturated rings. The normalized spacial score (nSPS) is 11.9. The van der Waals surface area contributed by atoms with Crippen LogP contribution in [0.5, 0.6) is 0 Å². The number of hydrogen-bond donors (Lipinski definition) is 0. The lowest BCUT2D eigenvalue weighted by atomic mass is 9.95. The van der Waals surface area contributed by atoms with E-state index >= 15 is 0 Å². The van der Waals surface area contributed by atoms with Gasteiger partial charge in [0, 0.05) is 48.5 Å². The van der Waals surface area contributed by atoms with Crippen molar-refractivity contribution in [1.29, 1.82) is 0 Å². The maximum Gasteiger partial charge on any atom is 0.147 e. The van der Waals surface area contributed by atoms with Gasteiger partial charge < -0.3 is 0 Å². The lowest BCUT2D eigenvalue weighted by molar-refractivity contribution is 1.31. The van der Waals surface area contributed by atoms with E-state index in [4.69, 9.17) is 29.9 Å². The fourth-order valence-electron chi connectivity index (χ4n) is 18.2. The van der Waals surface area contributed by atoms with E-state index in [2.05, 4.69) is 389 Å². The van der Waals surface area contributed by atoms with Crippen LogP contribution in [0.4, 0.5) is 0 Å². The van der Waals surface area contributed by atoms with E-state index in [0.29, 0.717) is 0 Å². The van der Waals surface area contributed by atoms with Crippen molar-refractivity contribution in [1.82, 2.24) is 43.1 Å². The number of fused-ring (bicyclic) bond motifs is 29. The summed E-state index contributed by atoms with van der Waals surface area (Å²) in [5.74, 6) is 0. The van der Waals surface area contributed by atoms with Gasteiger partial charge in [0.25, 0.3) is 0 Å². The second-order valence-corrected chi connectivity index (χ2v) is 30.9. The zero-order valence-electron chi connectivity index (χ0n) is 64.2. The topological polar surface area (TPSA) is 90.6 Å². The van der Waals surface area contributed by atoms with Gasteiger partial charge in [0.15, 0.2) is 0 Å². The number of benzene rings is 17. The maximum atomic E-state index is 5.19. The predicted molar refractivity (Wildman–Crippen MR) is 497 cm³/mol. The highest BCUT2D eigenvalue weighted by molar-refractivity contribution is 6.19. The van der Waals surface area contributed by atoms with Gasteiger partial charge in [0.2, 0.25) is 0 Å². The van der Waals surface area contributed by atoms with E-state index in [1.54, 1.807) is 0 Å². The number of para-hydroxylation sites is 9. The van der Waals surface area contributed by atoms with Gasteiger partial charge in [-0.3, -0.25) is 13.2 Å². The van der Waals surface area contributed by atoms with Gasteiger partial charge in [-0.15, -0.1) is 0 Å². The summed E-state index contributed by atoms with van der Waals surface area (Å²) >= 11 is 0. The summed E-state index contributed by atoms with van der Waals surface area (Å²) in [6, 6.07) is 144. The monoisotopic (exact) mass is 1510 g/mol. The van der Waals surface area contributed by atoms with E-state index in [1.165, 1.54) is 88.3 Å². The molecule has 0 aliphatic carbocycles. The summed E-state index contributed by atoms with van der Waals surface area (Å²) in [4.78, 5) is 30.7. The van der Waals surface area contributed by atoms with Crippen molar-refractivity contribution in [2.75, 3.05) is 0 Å². The molecule has 26 rings (SSSR count). The van der Waals surface area contributed by atoms with Crippen molar-refractivity contribution in [3.8, 4) is 66.8 Å². The molecule has 17 aromatic carbocycles. The summed E-state index contributed by atoms with van der Waals surface area (Å²) < 4.78 is 6.86. The second-order valence-electron chi connectivity index (χ2n) is 30.9. The summed E-state index contributed by atoms with van der Waals surface area (Å²) in [6.45, 7) is 0. The molecule has 0 spiro atoms. The summed E-state index contributed by atoms with van der Waals surface area (Å²) in [5.41, 5.74) is 32.8. The number of imidazole rings is 3. The molecule has 0 radical (unpaired) electrons. The largest absolute Gasteiger partial charge is 0.292 e. The highest BCUT2D eigenvalue weighted by Gasteiger charge is 2.22. The molecule has 0 saturated heterocycles. The summed E-state index contributed by atoms with van der Waals surface area (Å²) in [6.07, 6.45) is 0. The number of rotatable bonds is 6. The maximum absolute atomic E-state index is 5.19. The van der Waals surface area contributed by atoms with Crippen molar-refractivity contribution in [3.05, 3.63) is 406 Å². The first kappa shape index (κ1) is 67.4. The Morgan fingerprint density at radius 3 is 0.857 bits per heavy atom. The third-order valence-corrected chi connectivity index (χ3v) is 24.0. The highest BCUT2D eigenvalue weighted by Crippen LogP contribution is 2.42. The van der Waals surface area contributed by atoms with E-state index in [9.17, 15) is 0 Å². The van der Waals surface area contributed by atoms with Gasteiger partial charge >= 0.3 is 0 Å². The molecular weight excluding hydrogens is 1450 g/mol. The molecule has 0 amide bonds. The highest BCUT2D eigenvalue weighted by atomic mass is 15.0. The minimum atomic E-state index is 0.944. The fourth-order valence-corrected chi connectivity index (χ4v) is 18.2. The van der Waals surface area contributed by atoms with Gasteiger partial charge in [-0.05, 0) is 204 Å². The van der Waals surface area contributed by atoms with Crippen LogP contribution < -0.4 is 0 Å². The molecule has 0 saturated carbocycles. The molecule has 552 valence electrons. The van der Waals surface area contributed by atoms with E-state index in [0.717, 1.165) is 148 Å². The smallest absolute Gasteiger partial charge is 0.147 e. The van der Waals surface area contributed by atoms with Crippen LogP contribution in [0.3, 0.4) is 0 Å². The molecule has 119 heavy (non-hydrogen) atoms. The van der Waals surface area contributed by atoms with Gasteiger partial charge in [-0.25, -0.2) is 29.9 Å². The van der Waals surface area contributed by atoms with Crippen LogP contribution in [0.2, 0.25) is 0 Å². The molecule has 0 bridgehead atoms. The summed E-state index contributed by atoms with van der Waals surface area (Å²) in [7, 11) is 0. The molecule has 0 aliphatic heterocycles. The Morgan fingerprint density at radius 1 is 0.143 bits per heavy atom. The van der Waals surface area contributed by atoms with Crippen molar-refractivity contribution >= 4 is 170 Å². The molecule has 0 N–H and O–H groups in total. The van der Waals surface area contributed by atoms with E-state index < -0.39 is 0 Å². The second kappa shape index (κ2) is 27.3. The number of pyridine rings is 6. The first-order valence-corrected chi connectivity index (χ1v) is 40.4. The minimum Gasteiger partial charge on any atom is -0.292 e. The Balaban J connectivity index is 0.000000102.